The van der Waals surface area contributed by atoms with Gasteiger partial charge in [-0.1, -0.05) is 31.2 Å². The van der Waals surface area contributed by atoms with E-state index in [9.17, 15) is 9.59 Å². The molecule has 0 bridgehead atoms. The Morgan fingerprint density at radius 2 is 1.84 bits per heavy atom. The fourth-order valence-corrected chi connectivity index (χ4v) is 2.29. The van der Waals surface area contributed by atoms with Crippen molar-refractivity contribution in [1.29, 1.82) is 0 Å². The van der Waals surface area contributed by atoms with Crippen LogP contribution in [0.1, 0.15) is 41.6 Å². The van der Waals surface area contributed by atoms with E-state index in [4.69, 9.17) is 5.11 Å². The first-order valence-electron chi connectivity index (χ1n) is 6.43. The molecule has 1 heterocycles. The summed E-state index contributed by atoms with van der Waals surface area (Å²) < 4.78 is 0. The van der Waals surface area contributed by atoms with Gasteiger partial charge >= 0.3 is 5.97 Å². The molecule has 2 rings (SSSR count). The topological polar surface area (TPSA) is 57.6 Å². The van der Waals surface area contributed by atoms with Crippen molar-refractivity contribution in [1.82, 2.24) is 4.90 Å². The summed E-state index contributed by atoms with van der Waals surface area (Å²) in [6.07, 6.45) is 2.44. The highest BCUT2D eigenvalue weighted by Gasteiger charge is 2.29. The number of aliphatic carboxylic acids is 1. The van der Waals surface area contributed by atoms with Crippen LogP contribution in [0, 0.1) is 0 Å². The van der Waals surface area contributed by atoms with Gasteiger partial charge in [0.2, 0.25) is 0 Å². The van der Waals surface area contributed by atoms with Crippen LogP contribution in [0.2, 0.25) is 0 Å². The minimum absolute atomic E-state index is 0.00108. The van der Waals surface area contributed by atoms with Crippen LogP contribution in [0.4, 0.5) is 0 Å². The summed E-state index contributed by atoms with van der Waals surface area (Å²) in [5, 5.41) is 8.55. The number of carbonyl (C=O) groups is 2. The molecule has 0 spiro atoms. The lowest BCUT2D eigenvalue weighted by Gasteiger charge is -2.17. The van der Waals surface area contributed by atoms with Gasteiger partial charge in [-0.25, -0.2) is 0 Å². The number of carbonyl (C=O) groups excluding carboxylic acids is 1. The third kappa shape index (κ3) is 2.84. The van der Waals surface area contributed by atoms with E-state index >= 15 is 0 Å². The van der Waals surface area contributed by atoms with Crippen LogP contribution in [-0.4, -0.2) is 28.4 Å². The van der Waals surface area contributed by atoms with Gasteiger partial charge in [0.25, 0.3) is 5.91 Å². The molecule has 1 N–H and O–H groups in total. The third-order valence-corrected chi connectivity index (χ3v) is 3.31. The van der Waals surface area contributed by atoms with Gasteiger partial charge in [-0.3, -0.25) is 9.59 Å². The summed E-state index contributed by atoms with van der Waals surface area (Å²) >= 11 is 0. The molecule has 0 aliphatic carbocycles. The molecule has 100 valence electrons. The second-order valence-corrected chi connectivity index (χ2v) is 4.65. The molecule has 1 aliphatic rings. The molecule has 19 heavy (non-hydrogen) atoms. The van der Waals surface area contributed by atoms with Crippen molar-refractivity contribution >= 4 is 17.6 Å². The average molecular weight is 259 g/mol. The van der Waals surface area contributed by atoms with Gasteiger partial charge in [-0.15, -0.1) is 0 Å². The number of nitrogens with zero attached hydrogens (tertiary/aromatic N) is 1. The molecular formula is C15H17NO3. The SMILES string of the molecule is C=C1c2ccccc2C(=O)N1CCCCCC(=O)O. The number of hydrogen-bond acceptors (Lipinski definition) is 2. The van der Waals surface area contributed by atoms with E-state index < -0.39 is 5.97 Å². The lowest BCUT2D eigenvalue weighted by Crippen LogP contribution is -2.23. The van der Waals surface area contributed by atoms with Crippen molar-refractivity contribution in [2.24, 2.45) is 0 Å². The minimum Gasteiger partial charge on any atom is -0.481 e. The zero-order valence-corrected chi connectivity index (χ0v) is 10.8. The molecule has 0 atom stereocenters. The van der Waals surface area contributed by atoms with Gasteiger partial charge in [-0.2, -0.15) is 0 Å². The van der Waals surface area contributed by atoms with E-state index in [1.165, 1.54) is 0 Å². The third-order valence-electron chi connectivity index (χ3n) is 3.31. The maximum absolute atomic E-state index is 12.2. The first-order chi connectivity index (χ1) is 9.11. The zero-order chi connectivity index (χ0) is 13.8. The van der Waals surface area contributed by atoms with Gasteiger partial charge in [0.05, 0.1) is 0 Å². The van der Waals surface area contributed by atoms with Gasteiger partial charge < -0.3 is 10.0 Å². The molecule has 1 aromatic carbocycles. The van der Waals surface area contributed by atoms with Crippen LogP contribution in [0.3, 0.4) is 0 Å². The summed E-state index contributed by atoms with van der Waals surface area (Å²) in [6, 6.07) is 7.46. The lowest BCUT2D eigenvalue weighted by atomic mass is 10.1. The summed E-state index contributed by atoms with van der Waals surface area (Å²) in [7, 11) is 0. The first kappa shape index (κ1) is 13.3. The van der Waals surface area contributed by atoms with Gasteiger partial charge in [0, 0.05) is 29.8 Å². The largest absolute Gasteiger partial charge is 0.481 e. The lowest BCUT2D eigenvalue weighted by molar-refractivity contribution is -0.137. The number of benzene rings is 1. The van der Waals surface area contributed by atoms with Crippen LogP contribution in [0.5, 0.6) is 0 Å². The Hall–Kier alpha value is -2.10. The Balaban J connectivity index is 1.88. The minimum atomic E-state index is -0.769. The normalized spacial score (nSPS) is 13.8. The van der Waals surface area contributed by atoms with Crippen LogP contribution < -0.4 is 0 Å². The van der Waals surface area contributed by atoms with E-state index in [1.807, 2.05) is 24.3 Å². The van der Waals surface area contributed by atoms with Gasteiger partial charge in [0.1, 0.15) is 0 Å². The number of fused-ring (bicyclic) bond motifs is 1. The highest BCUT2D eigenvalue weighted by molar-refractivity contribution is 6.08. The van der Waals surface area contributed by atoms with Crippen molar-refractivity contribution in [3.63, 3.8) is 0 Å². The maximum atomic E-state index is 12.2. The quantitative estimate of drug-likeness (QED) is 0.799. The standard InChI is InChI=1S/C15H17NO3/c1-11-12-7-4-5-8-13(12)15(19)16(11)10-6-2-3-9-14(17)18/h4-5,7-8H,1-3,6,9-10H2,(H,17,18). The number of carboxylic acid groups (broad SMARTS) is 1. The molecule has 0 fully saturated rings. The monoisotopic (exact) mass is 259 g/mol. The second-order valence-electron chi connectivity index (χ2n) is 4.65. The highest BCUT2D eigenvalue weighted by Crippen LogP contribution is 2.31. The summed E-state index contributed by atoms with van der Waals surface area (Å²) in [6.45, 7) is 4.57. The first-order valence-corrected chi connectivity index (χ1v) is 6.43. The summed E-state index contributed by atoms with van der Waals surface area (Å²) in [4.78, 5) is 24.2. The Kier molecular flexibility index (Phi) is 4.00. The van der Waals surface area contributed by atoms with Crippen molar-refractivity contribution in [2.75, 3.05) is 6.54 Å². The van der Waals surface area contributed by atoms with Crippen molar-refractivity contribution in [2.45, 2.75) is 25.7 Å². The fraction of sp³-hybridized carbons (Fsp3) is 0.333. The number of hydrogen-bond donors (Lipinski definition) is 1. The highest BCUT2D eigenvalue weighted by atomic mass is 16.4. The van der Waals surface area contributed by atoms with Crippen LogP contribution >= 0.6 is 0 Å². The Labute approximate surface area is 112 Å². The van der Waals surface area contributed by atoms with Crippen molar-refractivity contribution < 1.29 is 14.7 Å². The van der Waals surface area contributed by atoms with Gasteiger partial charge in [0.15, 0.2) is 0 Å². The van der Waals surface area contributed by atoms with E-state index in [-0.39, 0.29) is 12.3 Å². The molecule has 0 saturated heterocycles. The molecule has 1 aliphatic heterocycles. The predicted molar refractivity (Wildman–Crippen MR) is 72.6 cm³/mol. The number of unbranched alkanes of at least 4 members (excludes halogenated alkanes) is 2. The molecule has 4 heteroatoms. The van der Waals surface area contributed by atoms with Crippen LogP contribution in [-0.2, 0) is 4.79 Å². The summed E-state index contributed by atoms with van der Waals surface area (Å²) in [5.41, 5.74) is 2.36. The number of amides is 1. The Morgan fingerprint density at radius 3 is 2.47 bits per heavy atom. The van der Waals surface area contributed by atoms with E-state index in [1.54, 1.807) is 4.90 Å². The molecule has 0 saturated carbocycles. The molecule has 0 unspecified atom stereocenters. The fourth-order valence-electron chi connectivity index (χ4n) is 2.29. The molecular weight excluding hydrogens is 242 g/mol. The maximum Gasteiger partial charge on any atom is 0.303 e. The zero-order valence-electron chi connectivity index (χ0n) is 10.8. The smallest absolute Gasteiger partial charge is 0.303 e. The summed E-state index contributed by atoms with van der Waals surface area (Å²) in [5.74, 6) is -0.770. The average Bonchev–Trinajstić information content (AvgIpc) is 2.63. The number of carboxylic acids is 1. The Morgan fingerprint density at radius 1 is 1.16 bits per heavy atom. The van der Waals surface area contributed by atoms with Crippen molar-refractivity contribution in [3.8, 4) is 0 Å². The van der Waals surface area contributed by atoms with Crippen molar-refractivity contribution in [3.05, 3.63) is 42.0 Å². The van der Waals surface area contributed by atoms with Crippen LogP contribution in [0.15, 0.2) is 30.8 Å². The predicted octanol–water partition coefficient (Wildman–Crippen LogP) is 2.76. The molecule has 1 aromatic rings. The molecule has 0 radical (unpaired) electrons. The van der Waals surface area contributed by atoms with E-state index in [0.717, 1.165) is 24.1 Å². The number of rotatable bonds is 6. The Bertz CT molecular complexity index is 487. The second kappa shape index (κ2) is 5.69. The van der Waals surface area contributed by atoms with Gasteiger partial charge in [-0.05, 0) is 18.9 Å². The van der Waals surface area contributed by atoms with E-state index in [0.29, 0.717) is 18.5 Å². The van der Waals surface area contributed by atoms with Crippen LogP contribution in [0.25, 0.3) is 5.70 Å². The molecule has 1 amide bonds. The molecule has 4 nitrogen and oxygen atoms in total. The van der Waals surface area contributed by atoms with E-state index in [2.05, 4.69) is 6.58 Å². The molecule has 0 aromatic heterocycles.